The molecule has 0 spiro atoms. The lowest BCUT2D eigenvalue weighted by Gasteiger charge is -2.16. The largest absolute Gasteiger partial charge is 0.493 e. The molecule has 0 fully saturated rings. The molecular formula is C16H23BrN2O2. The summed E-state index contributed by atoms with van der Waals surface area (Å²) in [6.45, 7) is 8.66. The van der Waals surface area contributed by atoms with Crippen LogP contribution in [0.5, 0.6) is 5.75 Å². The van der Waals surface area contributed by atoms with E-state index in [0.717, 1.165) is 60.6 Å². The molecule has 0 bridgehead atoms. The van der Waals surface area contributed by atoms with Crippen LogP contribution >= 0.6 is 15.9 Å². The first kappa shape index (κ1) is 16.3. The number of oxime groups is 1. The zero-order chi connectivity index (χ0) is 15.1. The maximum Gasteiger partial charge on any atom is 0.129 e. The quantitative estimate of drug-likeness (QED) is 0.577. The summed E-state index contributed by atoms with van der Waals surface area (Å²) in [5, 5.41) is 4.36. The van der Waals surface area contributed by atoms with Crippen molar-refractivity contribution < 1.29 is 9.57 Å². The van der Waals surface area contributed by atoms with E-state index in [2.05, 4.69) is 39.8 Å². The van der Waals surface area contributed by atoms with Crippen LogP contribution in [0.3, 0.4) is 0 Å². The SMILES string of the molecule is CCN(CC)CCO/N=C1/CCCOc2ccc(Br)cc21. The molecule has 0 saturated heterocycles. The molecule has 0 N–H and O–H groups in total. The average molecular weight is 355 g/mol. The van der Waals surface area contributed by atoms with E-state index in [1.165, 1.54) is 0 Å². The van der Waals surface area contributed by atoms with E-state index in [0.29, 0.717) is 6.61 Å². The molecular weight excluding hydrogens is 332 g/mol. The smallest absolute Gasteiger partial charge is 0.129 e. The predicted octanol–water partition coefficient (Wildman–Crippen LogP) is 3.68. The molecule has 0 saturated carbocycles. The molecule has 116 valence electrons. The number of nitrogens with zero attached hydrogens (tertiary/aromatic N) is 2. The van der Waals surface area contributed by atoms with Crippen molar-refractivity contribution >= 4 is 21.6 Å². The zero-order valence-corrected chi connectivity index (χ0v) is 14.4. The van der Waals surface area contributed by atoms with Gasteiger partial charge in [-0.05, 0) is 44.1 Å². The van der Waals surface area contributed by atoms with Crippen LogP contribution < -0.4 is 4.74 Å². The number of hydrogen-bond donors (Lipinski definition) is 0. The lowest BCUT2D eigenvalue weighted by Crippen LogP contribution is -2.26. The van der Waals surface area contributed by atoms with Gasteiger partial charge in [-0.15, -0.1) is 0 Å². The molecule has 0 radical (unpaired) electrons. The van der Waals surface area contributed by atoms with Crippen molar-refractivity contribution in [3.8, 4) is 5.75 Å². The van der Waals surface area contributed by atoms with Crippen LogP contribution in [0.2, 0.25) is 0 Å². The number of ether oxygens (including phenoxy) is 1. The third-order valence-electron chi connectivity index (χ3n) is 3.64. The Balaban J connectivity index is 2.02. The van der Waals surface area contributed by atoms with Gasteiger partial charge in [-0.3, -0.25) is 0 Å². The van der Waals surface area contributed by atoms with Crippen LogP contribution in [0.4, 0.5) is 0 Å². The monoisotopic (exact) mass is 354 g/mol. The van der Waals surface area contributed by atoms with Crippen LogP contribution in [0.1, 0.15) is 32.3 Å². The van der Waals surface area contributed by atoms with Crippen LogP contribution in [0.25, 0.3) is 0 Å². The van der Waals surface area contributed by atoms with Gasteiger partial charge in [0.15, 0.2) is 0 Å². The standard InChI is InChI=1S/C16H23BrN2O2/c1-3-19(4-2)9-11-21-18-15-6-5-10-20-16-8-7-13(17)12-14(15)16/h7-8,12H,3-6,9-11H2,1-2H3/b18-15-. The van der Waals surface area contributed by atoms with Gasteiger partial charge in [-0.1, -0.05) is 34.9 Å². The minimum atomic E-state index is 0.620. The molecule has 1 aromatic rings. The van der Waals surface area contributed by atoms with Gasteiger partial charge in [-0.25, -0.2) is 0 Å². The Morgan fingerprint density at radius 2 is 2.14 bits per heavy atom. The van der Waals surface area contributed by atoms with E-state index in [4.69, 9.17) is 9.57 Å². The maximum atomic E-state index is 5.75. The molecule has 1 aromatic carbocycles. The summed E-state index contributed by atoms with van der Waals surface area (Å²) in [6.07, 6.45) is 1.85. The highest BCUT2D eigenvalue weighted by molar-refractivity contribution is 9.10. The van der Waals surface area contributed by atoms with E-state index in [9.17, 15) is 0 Å². The van der Waals surface area contributed by atoms with Crippen LogP contribution in [0.15, 0.2) is 27.8 Å². The number of hydrogen-bond acceptors (Lipinski definition) is 4. The number of rotatable bonds is 6. The fraction of sp³-hybridized carbons (Fsp3) is 0.562. The van der Waals surface area contributed by atoms with Crippen molar-refractivity contribution in [2.75, 3.05) is 32.8 Å². The minimum Gasteiger partial charge on any atom is -0.493 e. The summed E-state index contributed by atoms with van der Waals surface area (Å²) in [5.41, 5.74) is 2.01. The Morgan fingerprint density at radius 1 is 1.33 bits per heavy atom. The number of fused-ring (bicyclic) bond motifs is 1. The number of halogens is 1. The first-order valence-electron chi connectivity index (χ1n) is 7.58. The molecule has 0 aromatic heterocycles. The second-order valence-electron chi connectivity index (χ2n) is 4.99. The Bertz CT molecular complexity index is 487. The molecule has 1 aliphatic heterocycles. The predicted molar refractivity (Wildman–Crippen MR) is 89.1 cm³/mol. The van der Waals surface area contributed by atoms with E-state index in [1.54, 1.807) is 0 Å². The molecule has 1 heterocycles. The van der Waals surface area contributed by atoms with Crippen molar-refractivity contribution in [3.63, 3.8) is 0 Å². The highest BCUT2D eigenvalue weighted by Gasteiger charge is 2.16. The highest BCUT2D eigenvalue weighted by atomic mass is 79.9. The van der Waals surface area contributed by atoms with Gasteiger partial charge in [0.2, 0.25) is 0 Å². The van der Waals surface area contributed by atoms with Crippen molar-refractivity contribution in [1.29, 1.82) is 0 Å². The molecule has 5 heteroatoms. The Labute approximate surface area is 135 Å². The molecule has 0 aliphatic carbocycles. The summed E-state index contributed by atoms with van der Waals surface area (Å²) >= 11 is 3.50. The molecule has 1 aliphatic rings. The third kappa shape index (κ3) is 4.71. The van der Waals surface area contributed by atoms with E-state index in [1.807, 2.05) is 18.2 Å². The Hall–Kier alpha value is -1.07. The molecule has 4 nitrogen and oxygen atoms in total. The Kier molecular flexibility index (Phi) is 6.51. The van der Waals surface area contributed by atoms with Crippen LogP contribution in [-0.2, 0) is 4.84 Å². The lowest BCUT2D eigenvalue weighted by atomic mass is 10.1. The lowest BCUT2D eigenvalue weighted by molar-refractivity contribution is 0.114. The molecule has 0 amide bonds. The van der Waals surface area contributed by atoms with Gasteiger partial charge in [0.05, 0.1) is 12.3 Å². The van der Waals surface area contributed by atoms with Crippen LogP contribution in [0, 0.1) is 0 Å². The summed E-state index contributed by atoms with van der Waals surface area (Å²) in [7, 11) is 0. The summed E-state index contributed by atoms with van der Waals surface area (Å²) in [4.78, 5) is 7.86. The van der Waals surface area contributed by atoms with Gasteiger partial charge < -0.3 is 14.5 Å². The minimum absolute atomic E-state index is 0.620. The highest BCUT2D eigenvalue weighted by Crippen LogP contribution is 2.27. The van der Waals surface area contributed by atoms with Gasteiger partial charge in [0.25, 0.3) is 0 Å². The molecule has 0 atom stereocenters. The second kappa shape index (κ2) is 8.39. The zero-order valence-electron chi connectivity index (χ0n) is 12.8. The van der Waals surface area contributed by atoms with E-state index >= 15 is 0 Å². The molecule has 0 unspecified atom stereocenters. The van der Waals surface area contributed by atoms with Gasteiger partial charge in [-0.2, -0.15) is 0 Å². The third-order valence-corrected chi connectivity index (χ3v) is 4.13. The first-order chi connectivity index (χ1) is 10.2. The first-order valence-corrected chi connectivity index (χ1v) is 8.37. The van der Waals surface area contributed by atoms with Gasteiger partial charge in [0, 0.05) is 16.6 Å². The van der Waals surface area contributed by atoms with E-state index in [-0.39, 0.29) is 0 Å². The summed E-state index contributed by atoms with van der Waals surface area (Å²) < 4.78 is 6.78. The van der Waals surface area contributed by atoms with E-state index < -0.39 is 0 Å². The van der Waals surface area contributed by atoms with Crippen molar-refractivity contribution in [3.05, 3.63) is 28.2 Å². The van der Waals surface area contributed by atoms with Crippen molar-refractivity contribution in [2.45, 2.75) is 26.7 Å². The summed E-state index contributed by atoms with van der Waals surface area (Å²) in [6, 6.07) is 6.02. The fourth-order valence-corrected chi connectivity index (χ4v) is 2.70. The van der Waals surface area contributed by atoms with Gasteiger partial charge >= 0.3 is 0 Å². The molecule has 2 rings (SSSR count). The number of benzene rings is 1. The average Bonchev–Trinajstić information content (AvgIpc) is 2.69. The van der Waals surface area contributed by atoms with Crippen LogP contribution in [-0.4, -0.2) is 43.5 Å². The van der Waals surface area contributed by atoms with Gasteiger partial charge in [0.1, 0.15) is 12.4 Å². The normalized spacial score (nSPS) is 16.5. The number of likely N-dealkylation sites (N-methyl/N-ethyl adjacent to an activating group) is 1. The van der Waals surface area contributed by atoms with Crippen molar-refractivity contribution in [1.82, 2.24) is 4.90 Å². The maximum absolute atomic E-state index is 5.75. The second-order valence-corrected chi connectivity index (χ2v) is 5.91. The topological polar surface area (TPSA) is 34.1 Å². The van der Waals surface area contributed by atoms with Crippen molar-refractivity contribution in [2.24, 2.45) is 5.16 Å². The molecule has 21 heavy (non-hydrogen) atoms. The Morgan fingerprint density at radius 3 is 2.90 bits per heavy atom. The summed E-state index contributed by atoms with van der Waals surface area (Å²) in [5.74, 6) is 0.891. The fourth-order valence-electron chi connectivity index (χ4n) is 2.34.